The number of hydrogen-bond acceptors (Lipinski definition) is 2. The zero-order valence-electron chi connectivity index (χ0n) is 11.7. The third kappa shape index (κ3) is 2.54. The minimum Gasteiger partial charge on any atom is -0.348 e. The number of amides is 1. The van der Waals surface area contributed by atoms with E-state index in [-0.39, 0.29) is 18.0 Å². The van der Waals surface area contributed by atoms with E-state index in [1.54, 1.807) is 0 Å². The molecule has 0 saturated carbocycles. The van der Waals surface area contributed by atoms with Gasteiger partial charge in [0, 0.05) is 0 Å². The third-order valence-electron chi connectivity index (χ3n) is 4.03. The summed E-state index contributed by atoms with van der Waals surface area (Å²) in [5.74, 6) is 0.114. The lowest BCUT2D eigenvalue weighted by Crippen LogP contribution is -2.41. The maximum atomic E-state index is 12.2. The van der Waals surface area contributed by atoms with Crippen LogP contribution in [0.5, 0.6) is 0 Å². The monoisotopic (exact) mass is 268 g/mol. The number of carbonyl (C=O) groups excluding carboxylic acids is 1. The summed E-state index contributed by atoms with van der Waals surface area (Å²) in [6, 6.07) is 14.5. The predicted octanol–water partition coefficient (Wildman–Crippen LogP) is 2.77. The average Bonchev–Trinajstić information content (AvgIpc) is 3.01. The standard InChI is InChI=1S/C17H20N2O/c1-12(19-17(20)16-10-5-11-18-16)14-9-4-7-13-6-2-3-8-15(13)14/h2-4,6-9,12,16,18H,5,10-11H2,1H3,(H,19,20). The van der Waals surface area contributed by atoms with Gasteiger partial charge in [-0.2, -0.15) is 0 Å². The maximum Gasteiger partial charge on any atom is 0.237 e. The number of hydrogen-bond donors (Lipinski definition) is 2. The molecule has 0 aromatic heterocycles. The topological polar surface area (TPSA) is 41.1 Å². The first kappa shape index (κ1) is 13.1. The number of rotatable bonds is 3. The van der Waals surface area contributed by atoms with Gasteiger partial charge in [-0.3, -0.25) is 4.79 Å². The van der Waals surface area contributed by atoms with E-state index < -0.39 is 0 Å². The van der Waals surface area contributed by atoms with Crippen molar-refractivity contribution in [2.45, 2.75) is 31.8 Å². The Labute approximate surface area is 119 Å². The van der Waals surface area contributed by atoms with Gasteiger partial charge in [0.2, 0.25) is 5.91 Å². The molecular formula is C17H20N2O. The van der Waals surface area contributed by atoms with Crippen LogP contribution in [-0.2, 0) is 4.79 Å². The molecule has 0 aliphatic carbocycles. The lowest BCUT2D eigenvalue weighted by molar-refractivity contribution is -0.123. The molecule has 104 valence electrons. The molecule has 3 nitrogen and oxygen atoms in total. The Morgan fingerprint density at radius 2 is 2.05 bits per heavy atom. The van der Waals surface area contributed by atoms with Crippen LogP contribution in [0.2, 0.25) is 0 Å². The van der Waals surface area contributed by atoms with Crippen LogP contribution in [0.1, 0.15) is 31.4 Å². The highest BCUT2D eigenvalue weighted by atomic mass is 16.2. The molecule has 2 aromatic rings. The molecule has 3 heteroatoms. The number of carbonyl (C=O) groups is 1. The second-order valence-electron chi connectivity index (χ2n) is 5.45. The molecule has 2 atom stereocenters. The first-order valence-electron chi connectivity index (χ1n) is 7.27. The number of nitrogens with one attached hydrogen (secondary N) is 2. The van der Waals surface area contributed by atoms with Gasteiger partial charge in [0.1, 0.15) is 0 Å². The van der Waals surface area contributed by atoms with Crippen molar-refractivity contribution in [3.8, 4) is 0 Å². The zero-order valence-corrected chi connectivity index (χ0v) is 11.7. The minimum absolute atomic E-state index is 0.0209. The van der Waals surface area contributed by atoms with E-state index in [0.717, 1.165) is 19.4 Å². The van der Waals surface area contributed by atoms with E-state index >= 15 is 0 Å². The van der Waals surface area contributed by atoms with E-state index in [1.165, 1.54) is 16.3 Å². The number of fused-ring (bicyclic) bond motifs is 1. The van der Waals surface area contributed by atoms with Crippen LogP contribution in [0.15, 0.2) is 42.5 Å². The van der Waals surface area contributed by atoms with Crippen molar-refractivity contribution in [2.24, 2.45) is 0 Å². The fourth-order valence-electron chi connectivity index (χ4n) is 2.93. The van der Waals surface area contributed by atoms with Crippen LogP contribution in [0, 0.1) is 0 Å². The molecule has 0 bridgehead atoms. The highest BCUT2D eigenvalue weighted by Crippen LogP contribution is 2.24. The number of benzene rings is 2. The van der Waals surface area contributed by atoms with Crippen LogP contribution in [0.4, 0.5) is 0 Å². The van der Waals surface area contributed by atoms with Gasteiger partial charge in [-0.05, 0) is 42.6 Å². The molecule has 3 rings (SSSR count). The van der Waals surface area contributed by atoms with E-state index in [9.17, 15) is 4.79 Å². The molecular weight excluding hydrogens is 248 g/mol. The lowest BCUT2D eigenvalue weighted by Gasteiger charge is -2.19. The van der Waals surface area contributed by atoms with Crippen molar-refractivity contribution >= 4 is 16.7 Å². The van der Waals surface area contributed by atoms with Gasteiger partial charge in [-0.1, -0.05) is 42.5 Å². The van der Waals surface area contributed by atoms with Crippen molar-refractivity contribution in [3.05, 3.63) is 48.0 Å². The minimum atomic E-state index is -0.0209. The SMILES string of the molecule is CC(NC(=O)C1CCCN1)c1cccc2ccccc12. The predicted molar refractivity (Wildman–Crippen MR) is 81.5 cm³/mol. The molecule has 2 aromatic carbocycles. The molecule has 1 saturated heterocycles. The smallest absolute Gasteiger partial charge is 0.237 e. The highest BCUT2D eigenvalue weighted by molar-refractivity contribution is 5.87. The summed E-state index contributed by atoms with van der Waals surface area (Å²) in [7, 11) is 0. The fourth-order valence-corrected chi connectivity index (χ4v) is 2.93. The third-order valence-corrected chi connectivity index (χ3v) is 4.03. The summed E-state index contributed by atoms with van der Waals surface area (Å²) in [5.41, 5.74) is 1.18. The molecule has 2 N–H and O–H groups in total. The second-order valence-corrected chi connectivity index (χ2v) is 5.45. The summed E-state index contributed by atoms with van der Waals surface area (Å²) in [6.07, 6.45) is 2.02. The first-order valence-corrected chi connectivity index (χ1v) is 7.27. The van der Waals surface area contributed by atoms with E-state index in [0.29, 0.717) is 0 Å². The van der Waals surface area contributed by atoms with Crippen LogP contribution in [-0.4, -0.2) is 18.5 Å². The van der Waals surface area contributed by atoms with Crippen molar-refractivity contribution < 1.29 is 4.79 Å². The largest absolute Gasteiger partial charge is 0.348 e. The molecule has 2 unspecified atom stereocenters. The van der Waals surface area contributed by atoms with Crippen molar-refractivity contribution in [1.29, 1.82) is 0 Å². The van der Waals surface area contributed by atoms with Crippen LogP contribution < -0.4 is 10.6 Å². The Balaban J connectivity index is 1.81. The highest BCUT2D eigenvalue weighted by Gasteiger charge is 2.23. The lowest BCUT2D eigenvalue weighted by atomic mass is 9.99. The van der Waals surface area contributed by atoms with E-state index in [2.05, 4.69) is 41.8 Å². The summed E-state index contributed by atoms with van der Waals surface area (Å²) < 4.78 is 0. The average molecular weight is 268 g/mol. The zero-order chi connectivity index (χ0) is 13.9. The van der Waals surface area contributed by atoms with E-state index in [1.807, 2.05) is 18.2 Å². The molecule has 1 amide bonds. The Hall–Kier alpha value is -1.87. The van der Waals surface area contributed by atoms with Gasteiger partial charge in [0.15, 0.2) is 0 Å². The fraction of sp³-hybridized carbons (Fsp3) is 0.353. The Morgan fingerprint density at radius 1 is 1.25 bits per heavy atom. The quantitative estimate of drug-likeness (QED) is 0.898. The first-order chi connectivity index (χ1) is 9.75. The maximum absolute atomic E-state index is 12.2. The van der Waals surface area contributed by atoms with Crippen LogP contribution in [0.3, 0.4) is 0 Å². The summed E-state index contributed by atoms with van der Waals surface area (Å²) in [5, 5.41) is 8.79. The molecule has 1 heterocycles. The van der Waals surface area contributed by atoms with Crippen LogP contribution in [0.25, 0.3) is 10.8 Å². The van der Waals surface area contributed by atoms with Crippen molar-refractivity contribution in [1.82, 2.24) is 10.6 Å². The van der Waals surface area contributed by atoms with Gasteiger partial charge < -0.3 is 10.6 Å². The summed E-state index contributed by atoms with van der Waals surface area (Å²) in [6.45, 7) is 3.00. The van der Waals surface area contributed by atoms with Gasteiger partial charge in [-0.15, -0.1) is 0 Å². The molecule has 1 fully saturated rings. The molecule has 0 radical (unpaired) electrons. The Morgan fingerprint density at radius 3 is 2.85 bits per heavy atom. The van der Waals surface area contributed by atoms with Gasteiger partial charge >= 0.3 is 0 Å². The molecule has 1 aliphatic rings. The normalized spacial score (nSPS) is 19.9. The molecule has 0 spiro atoms. The molecule has 20 heavy (non-hydrogen) atoms. The van der Waals surface area contributed by atoms with Crippen molar-refractivity contribution in [3.63, 3.8) is 0 Å². The summed E-state index contributed by atoms with van der Waals surface area (Å²) in [4.78, 5) is 12.2. The summed E-state index contributed by atoms with van der Waals surface area (Å²) >= 11 is 0. The van der Waals surface area contributed by atoms with Crippen molar-refractivity contribution in [2.75, 3.05) is 6.54 Å². The van der Waals surface area contributed by atoms with Gasteiger partial charge in [0.05, 0.1) is 12.1 Å². The van der Waals surface area contributed by atoms with Crippen LogP contribution >= 0.6 is 0 Å². The van der Waals surface area contributed by atoms with Gasteiger partial charge in [0.25, 0.3) is 0 Å². The Bertz CT molecular complexity index is 612. The van der Waals surface area contributed by atoms with E-state index in [4.69, 9.17) is 0 Å². The second kappa shape index (κ2) is 5.63. The Kier molecular flexibility index (Phi) is 3.70. The molecule has 1 aliphatic heterocycles. The van der Waals surface area contributed by atoms with Gasteiger partial charge in [-0.25, -0.2) is 0 Å².